The molecule has 1 aliphatic heterocycles. The van der Waals surface area contributed by atoms with Crippen molar-refractivity contribution in [1.82, 2.24) is 5.32 Å². The second-order valence-electron chi connectivity index (χ2n) is 5.96. The summed E-state index contributed by atoms with van der Waals surface area (Å²) in [6.45, 7) is 1.23. The normalized spacial score (nSPS) is 21.6. The molecule has 0 radical (unpaired) electrons. The molecule has 2 aliphatic rings. The summed E-state index contributed by atoms with van der Waals surface area (Å²) in [6.07, 6.45) is 7.14. The molecule has 21 heavy (non-hydrogen) atoms. The van der Waals surface area contributed by atoms with E-state index in [4.69, 9.17) is 4.74 Å². The van der Waals surface area contributed by atoms with Crippen molar-refractivity contribution >= 4 is 11.6 Å². The van der Waals surface area contributed by atoms with Crippen molar-refractivity contribution in [2.24, 2.45) is 0 Å². The first-order valence-electron chi connectivity index (χ1n) is 8.07. The van der Waals surface area contributed by atoms with E-state index in [1.807, 2.05) is 18.2 Å². The number of fused-ring (bicyclic) bond motifs is 1. The molecule has 1 atom stereocenters. The molecule has 1 aliphatic carbocycles. The summed E-state index contributed by atoms with van der Waals surface area (Å²) in [7, 11) is 0. The van der Waals surface area contributed by atoms with Gasteiger partial charge in [-0.3, -0.25) is 4.79 Å². The zero-order chi connectivity index (χ0) is 14.5. The van der Waals surface area contributed by atoms with Crippen LogP contribution < -0.4 is 10.6 Å². The maximum absolute atomic E-state index is 12.2. The van der Waals surface area contributed by atoms with E-state index in [0.717, 1.165) is 18.5 Å². The number of carbonyl (C=O) groups excluding carboxylic acids is 1. The molecule has 1 aromatic rings. The van der Waals surface area contributed by atoms with Gasteiger partial charge in [-0.25, -0.2) is 0 Å². The van der Waals surface area contributed by atoms with Gasteiger partial charge in [0.1, 0.15) is 6.04 Å². The Balaban J connectivity index is 1.40. The van der Waals surface area contributed by atoms with E-state index in [2.05, 4.69) is 16.7 Å². The molecule has 3 rings (SSSR count). The average Bonchev–Trinajstić information content (AvgIpc) is 3.04. The molecule has 2 N–H and O–H groups in total. The minimum absolute atomic E-state index is 0.0829. The number of para-hydroxylation sites is 1. The van der Waals surface area contributed by atoms with Crippen LogP contribution in [0.15, 0.2) is 24.3 Å². The predicted molar refractivity (Wildman–Crippen MR) is 83.4 cm³/mol. The summed E-state index contributed by atoms with van der Waals surface area (Å²) in [6, 6.07) is 8.08. The summed E-state index contributed by atoms with van der Waals surface area (Å²) in [4.78, 5) is 12.2. The number of benzene rings is 1. The molecule has 4 nitrogen and oxygen atoms in total. The highest BCUT2D eigenvalue weighted by Gasteiger charge is 2.23. The Bertz CT molecular complexity index is 483. The Morgan fingerprint density at radius 1 is 1.24 bits per heavy atom. The minimum atomic E-state index is -0.119. The summed E-state index contributed by atoms with van der Waals surface area (Å²) in [5.74, 6) is 0.0829. The number of rotatable bonds is 5. The lowest BCUT2D eigenvalue weighted by atomic mass is 9.98. The van der Waals surface area contributed by atoms with Gasteiger partial charge in [-0.15, -0.1) is 0 Å². The van der Waals surface area contributed by atoms with E-state index in [0.29, 0.717) is 19.3 Å². The van der Waals surface area contributed by atoms with Crippen molar-refractivity contribution in [3.63, 3.8) is 0 Å². The van der Waals surface area contributed by atoms with E-state index >= 15 is 0 Å². The Morgan fingerprint density at radius 2 is 2.05 bits per heavy atom. The Hall–Kier alpha value is -1.55. The highest BCUT2D eigenvalue weighted by Crippen LogP contribution is 2.24. The molecule has 0 bridgehead atoms. The van der Waals surface area contributed by atoms with E-state index in [1.165, 1.54) is 31.2 Å². The number of ether oxygens (including phenoxy) is 1. The molecule has 1 aromatic carbocycles. The van der Waals surface area contributed by atoms with Crippen LogP contribution in [0, 0.1) is 0 Å². The van der Waals surface area contributed by atoms with Crippen LogP contribution in [0.5, 0.6) is 0 Å². The van der Waals surface area contributed by atoms with Crippen molar-refractivity contribution in [3.8, 4) is 0 Å². The molecule has 1 heterocycles. The van der Waals surface area contributed by atoms with Gasteiger partial charge in [0.2, 0.25) is 5.91 Å². The van der Waals surface area contributed by atoms with Crippen LogP contribution in [-0.2, 0) is 16.0 Å². The number of hydrogen-bond acceptors (Lipinski definition) is 3. The third-order valence-electron chi connectivity index (χ3n) is 4.42. The standard InChI is InChI=1S/C17H24N2O2/c20-17(18-11-12-21-14-6-2-3-7-14)16-10-9-13-5-1-4-8-15(13)19-16/h1,4-5,8,14,16,19H,2-3,6-7,9-12H2,(H,18,20). The molecule has 1 amide bonds. The van der Waals surface area contributed by atoms with Crippen LogP contribution in [0.3, 0.4) is 0 Å². The van der Waals surface area contributed by atoms with Crippen molar-refractivity contribution in [3.05, 3.63) is 29.8 Å². The second-order valence-corrected chi connectivity index (χ2v) is 5.96. The van der Waals surface area contributed by atoms with Gasteiger partial charge in [-0.05, 0) is 37.3 Å². The summed E-state index contributed by atoms with van der Waals surface area (Å²) >= 11 is 0. The van der Waals surface area contributed by atoms with Crippen LogP contribution >= 0.6 is 0 Å². The number of hydrogen-bond donors (Lipinski definition) is 2. The van der Waals surface area contributed by atoms with Crippen molar-refractivity contribution in [2.45, 2.75) is 50.7 Å². The van der Waals surface area contributed by atoms with Crippen LogP contribution in [-0.4, -0.2) is 31.2 Å². The predicted octanol–water partition coefficient (Wildman–Crippen LogP) is 2.49. The smallest absolute Gasteiger partial charge is 0.242 e. The minimum Gasteiger partial charge on any atom is -0.376 e. The van der Waals surface area contributed by atoms with E-state index in [-0.39, 0.29) is 11.9 Å². The molecule has 4 heteroatoms. The number of anilines is 1. The van der Waals surface area contributed by atoms with Crippen molar-refractivity contribution in [2.75, 3.05) is 18.5 Å². The topological polar surface area (TPSA) is 50.4 Å². The molecule has 1 saturated carbocycles. The molecule has 1 fully saturated rings. The SMILES string of the molecule is O=C(NCCOC1CCCC1)C1CCc2ccccc2N1. The van der Waals surface area contributed by atoms with Gasteiger partial charge in [0, 0.05) is 12.2 Å². The summed E-state index contributed by atoms with van der Waals surface area (Å²) < 4.78 is 5.76. The summed E-state index contributed by atoms with van der Waals surface area (Å²) in [5, 5.41) is 6.31. The van der Waals surface area contributed by atoms with Gasteiger partial charge in [-0.2, -0.15) is 0 Å². The molecule has 114 valence electrons. The lowest BCUT2D eigenvalue weighted by molar-refractivity contribution is -0.122. The molecule has 0 aromatic heterocycles. The largest absolute Gasteiger partial charge is 0.376 e. The van der Waals surface area contributed by atoms with E-state index in [9.17, 15) is 4.79 Å². The number of carbonyl (C=O) groups is 1. The van der Waals surface area contributed by atoms with Crippen LogP contribution in [0.1, 0.15) is 37.7 Å². The first-order chi connectivity index (χ1) is 10.3. The maximum atomic E-state index is 12.2. The van der Waals surface area contributed by atoms with Gasteiger partial charge in [0.15, 0.2) is 0 Å². The maximum Gasteiger partial charge on any atom is 0.242 e. The highest BCUT2D eigenvalue weighted by molar-refractivity contribution is 5.85. The zero-order valence-corrected chi connectivity index (χ0v) is 12.4. The van der Waals surface area contributed by atoms with Gasteiger partial charge in [0.05, 0.1) is 12.7 Å². The summed E-state index contributed by atoms with van der Waals surface area (Å²) in [5.41, 5.74) is 2.39. The Morgan fingerprint density at radius 3 is 2.90 bits per heavy atom. The van der Waals surface area contributed by atoms with Gasteiger partial charge >= 0.3 is 0 Å². The van der Waals surface area contributed by atoms with Gasteiger partial charge < -0.3 is 15.4 Å². The second kappa shape index (κ2) is 6.94. The van der Waals surface area contributed by atoms with E-state index < -0.39 is 0 Å². The highest BCUT2D eigenvalue weighted by atomic mass is 16.5. The Kier molecular flexibility index (Phi) is 4.76. The first kappa shape index (κ1) is 14.4. The third kappa shape index (κ3) is 3.76. The lowest BCUT2D eigenvalue weighted by Gasteiger charge is -2.26. The average molecular weight is 288 g/mol. The van der Waals surface area contributed by atoms with Crippen LogP contribution in [0.25, 0.3) is 0 Å². The van der Waals surface area contributed by atoms with Crippen LogP contribution in [0.4, 0.5) is 5.69 Å². The van der Waals surface area contributed by atoms with Gasteiger partial charge in [-0.1, -0.05) is 31.0 Å². The number of aryl methyl sites for hydroxylation is 1. The molecular formula is C17H24N2O2. The molecule has 0 saturated heterocycles. The lowest BCUT2D eigenvalue weighted by Crippen LogP contribution is -2.43. The fraction of sp³-hybridized carbons (Fsp3) is 0.588. The van der Waals surface area contributed by atoms with Crippen LogP contribution in [0.2, 0.25) is 0 Å². The quantitative estimate of drug-likeness (QED) is 0.818. The third-order valence-corrected chi connectivity index (χ3v) is 4.42. The fourth-order valence-corrected chi connectivity index (χ4v) is 3.21. The van der Waals surface area contributed by atoms with Crippen molar-refractivity contribution in [1.29, 1.82) is 0 Å². The molecular weight excluding hydrogens is 264 g/mol. The monoisotopic (exact) mass is 288 g/mol. The van der Waals surface area contributed by atoms with E-state index in [1.54, 1.807) is 0 Å². The number of nitrogens with one attached hydrogen (secondary N) is 2. The van der Waals surface area contributed by atoms with Gasteiger partial charge in [0.25, 0.3) is 0 Å². The first-order valence-corrected chi connectivity index (χ1v) is 8.07. The molecule has 0 spiro atoms. The zero-order valence-electron chi connectivity index (χ0n) is 12.4. The fourth-order valence-electron chi connectivity index (χ4n) is 3.21. The molecule has 1 unspecified atom stereocenters. The van der Waals surface area contributed by atoms with Crippen molar-refractivity contribution < 1.29 is 9.53 Å². The number of amides is 1. The Labute approximate surface area is 126 Å².